The van der Waals surface area contributed by atoms with Crippen LogP contribution in [0.1, 0.15) is 13.3 Å². The molecule has 1 aromatic carbocycles. The monoisotopic (exact) mass is 317 g/mol. The summed E-state index contributed by atoms with van der Waals surface area (Å²) in [5, 5.41) is 22.3. The zero-order chi connectivity index (χ0) is 16.4. The molecule has 1 fully saturated rings. The lowest BCUT2D eigenvalue weighted by molar-refractivity contribution is -0.383. The van der Waals surface area contributed by atoms with Gasteiger partial charge in [0.05, 0.1) is 35.7 Å². The van der Waals surface area contributed by atoms with Crippen molar-refractivity contribution in [1.82, 2.24) is 4.98 Å². The van der Waals surface area contributed by atoms with Crippen LogP contribution in [-0.4, -0.2) is 46.9 Å². The molecule has 0 aliphatic carbocycles. The maximum absolute atomic E-state index is 11.2. The molecule has 0 radical (unpaired) electrons. The molecule has 2 aromatic rings. The maximum atomic E-state index is 11.2. The second kappa shape index (κ2) is 6.47. The number of ether oxygens (including phenoxy) is 1. The molecule has 122 valence electrons. The highest BCUT2D eigenvalue weighted by atomic mass is 16.6. The predicted octanol–water partition coefficient (Wildman–Crippen LogP) is 2.12. The van der Waals surface area contributed by atoms with Crippen LogP contribution in [0.5, 0.6) is 0 Å². The van der Waals surface area contributed by atoms with Crippen LogP contribution >= 0.6 is 0 Å². The number of non-ortho nitro benzene ring substituents is 1. The van der Waals surface area contributed by atoms with Crippen LogP contribution in [0.3, 0.4) is 0 Å². The molecule has 1 aliphatic heterocycles. The van der Waals surface area contributed by atoms with E-state index >= 15 is 0 Å². The van der Waals surface area contributed by atoms with Crippen LogP contribution < -0.4 is 4.90 Å². The number of benzene rings is 1. The van der Waals surface area contributed by atoms with Crippen LogP contribution in [0.15, 0.2) is 30.6 Å². The van der Waals surface area contributed by atoms with Crippen LogP contribution in [0.4, 0.5) is 11.4 Å². The Kier molecular flexibility index (Phi) is 4.40. The Balaban J connectivity index is 2.08. The van der Waals surface area contributed by atoms with Crippen LogP contribution in [-0.2, 0) is 4.74 Å². The molecule has 0 saturated carbocycles. The SMILES string of the molecule is CC(O)CC1COCCN1c1ccc([N+](=O)[O-])c2cnccc12. The molecule has 3 rings (SSSR count). The first-order valence-electron chi connectivity index (χ1n) is 7.61. The van der Waals surface area contributed by atoms with Crippen LogP contribution in [0.25, 0.3) is 10.8 Å². The van der Waals surface area contributed by atoms with Gasteiger partial charge in [-0.15, -0.1) is 0 Å². The smallest absolute Gasteiger partial charge is 0.278 e. The van der Waals surface area contributed by atoms with Crippen molar-refractivity contribution < 1.29 is 14.8 Å². The average Bonchev–Trinajstić information content (AvgIpc) is 2.54. The average molecular weight is 317 g/mol. The fourth-order valence-corrected chi connectivity index (χ4v) is 3.13. The Hall–Kier alpha value is -2.25. The van der Waals surface area contributed by atoms with E-state index in [1.54, 1.807) is 25.3 Å². The molecular formula is C16H19N3O4. The maximum Gasteiger partial charge on any atom is 0.278 e. The molecule has 2 heterocycles. The van der Waals surface area contributed by atoms with Crippen molar-refractivity contribution in [2.45, 2.75) is 25.5 Å². The lowest BCUT2D eigenvalue weighted by Gasteiger charge is -2.38. The van der Waals surface area contributed by atoms with Gasteiger partial charge in [0.15, 0.2) is 0 Å². The van der Waals surface area contributed by atoms with E-state index in [4.69, 9.17) is 4.74 Å². The third-order valence-electron chi connectivity index (χ3n) is 4.12. The minimum atomic E-state index is -0.435. The molecule has 1 N–H and O–H groups in total. The highest BCUT2D eigenvalue weighted by Gasteiger charge is 2.27. The van der Waals surface area contributed by atoms with Gasteiger partial charge in [0.1, 0.15) is 0 Å². The summed E-state index contributed by atoms with van der Waals surface area (Å²) < 4.78 is 5.54. The van der Waals surface area contributed by atoms with Crippen molar-refractivity contribution in [2.24, 2.45) is 0 Å². The van der Waals surface area contributed by atoms with Crippen LogP contribution in [0.2, 0.25) is 0 Å². The third-order valence-corrected chi connectivity index (χ3v) is 4.12. The molecule has 0 bridgehead atoms. The fraction of sp³-hybridized carbons (Fsp3) is 0.438. The number of aliphatic hydroxyl groups excluding tert-OH is 1. The molecule has 0 amide bonds. The number of morpholine rings is 1. The normalized spacial score (nSPS) is 19.7. The quantitative estimate of drug-likeness (QED) is 0.686. The van der Waals surface area contributed by atoms with Gasteiger partial charge in [-0.3, -0.25) is 15.1 Å². The van der Waals surface area contributed by atoms with Crippen molar-refractivity contribution in [1.29, 1.82) is 0 Å². The highest BCUT2D eigenvalue weighted by Crippen LogP contribution is 2.35. The molecular weight excluding hydrogens is 298 g/mol. The van der Waals surface area contributed by atoms with E-state index < -0.39 is 6.10 Å². The number of aromatic nitrogens is 1. The number of anilines is 1. The first-order valence-corrected chi connectivity index (χ1v) is 7.61. The third kappa shape index (κ3) is 3.11. The first-order chi connectivity index (χ1) is 11.1. The second-order valence-electron chi connectivity index (χ2n) is 5.79. The summed E-state index contributed by atoms with van der Waals surface area (Å²) in [6.45, 7) is 3.58. The molecule has 1 aliphatic rings. The zero-order valence-electron chi connectivity index (χ0n) is 12.9. The summed E-state index contributed by atoms with van der Waals surface area (Å²) in [7, 11) is 0. The van der Waals surface area contributed by atoms with E-state index in [2.05, 4.69) is 9.88 Å². The van der Waals surface area contributed by atoms with Gasteiger partial charge in [-0.2, -0.15) is 0 Å². The minimum Gasteiger partial charge on any atom is -0.393 e. The van der Waals surface area contributed by atoms with Gasteiger partial charge in [-0.05, 0) is 25.5 Å². The van der Waals surface area contributed by atoms with Gasteiger partial charge < -0.3 is 14.7 Å². The van der Waals surface area contributed by atoms with E-state index in [9.17, 15) is 15.2 Å². The van der Waals surface area contributed by atoms with Gasteiger partial charge in [0.2, 0.25) is 0 Å². The molecule has 1 aromatic heterocycles. The van der Waals surface area contributed by atoms with E-state index in [1.807, 2.05) is 0 Å². The molecule has 7 nitrogen and oxygen atoms in total. The lowest BCUT2D eigenvalue weighted by Crippen LogP contribution is -2.47. The van der Waals surface area contributed by atoms with Gasteiger partial charge in [0.25, 0.3) is 5.69 Å². The summed E-state index contributed by atoms with van der Waals surface area (Å²) in [4.78, 5) is 17.0. The number of hydrogen-bond donors (Lipinski definition) is 1. The Bertz CT molecular complexity index is 720. The fourth-order valence-electron chi connectivity index (χ4n) is 3.13. The van der Waals surface area contributed by atoms with Crippen molar-refractivity contribution in [3.8, 4) is 0 Å². The van der Waals surface area contributed by atoms with Crippen LogP contribution in [0, 0.1) is 10.1 Å². The van der Waals surface area contributed by atoms with Crippen molar-refractivity contribution in [3.05, 3.63) is 40.7 Å². The highest BCUT2D eigenvalue weighted by molar-refractivity contribution is 5.99. The molecule has 2 unspecified atom stereocenters. The summed E-state index contributed by atoms with van der Waals surface area (Å²) in [6, 6.07) is 5.14. The number of aliphatic hydroxyl groups is 1. The zero-order valence-corrected chi connectivity index (χ0v) is 12.9. The van der Waals surface area contributed by atoms with E-state index in [0.717, 1.165) is 11.1 Å². The minimum absolute atomic E-state index is 0.0431. The predicted molar refractivity (Wildman–Crippen MR) is 86.6 cm³/mol. The molecule has 0 spiro atoms. The number of nitro benzene ring substituents is 1. The first kappa shape index (κ1) is 15.6. The van der Waals surface area contributed by atoms with E-state index in [0.29, 0.717) is 31.6 Å². The lowest BCUT2D eigenvalue weighted by atomic mass is 10.0. The Morgan fingerprint density at radius 3 is 3.04 bits per heavy atom. The summed E-state index contributed by atoms with van der Waals surface area (Å²) in [5.74, 6) is 0. The molecule has 2 atom stereocenters. The number of nitrogens with zero attached hydrogens (tertiary/aromatic N) is 3. The van der Waals surface area contributed by atoms with Gasteiger partial charge in [-0.1, -0.05) is 0 Å². The standard InChI is InChI=1S/C16H19N3O4/c1-11(20)8-12-10-23-7-6-18(12)15-2-3-16(19(21)22)14-9-17-5-4-13(14)15/h2-5,9,11-12,20H,6-8,10H2,1H3. The summed E-state index contributed by atoms with van der Waals surface area (Å²) >= 11 is 0. The summed E-state index contributed by atoms with van der Waals surface area (Å²) in [6.07, 6.45) is 3.32. The van der Waals surface area contributed by atoms with Gasteiger partial charge in [0, 0.05) is 36.1 Å². The Morgan fingerprint density at radius 1 is 1.48 bits per heavy atom. The second-order valence-corrected chi connectivity index (χ2v) is 5.79. The number of fused-ring (bicyclic) bond motifs is 1. The summed E-state index contributed by atoms with van der Waals surface area (Å²) in [5.41, 5.74) is 0.971. The number of pyridine rings is 1. The van der Waals surface area contributed by atoms with Gasteiger partial charge in [-0.25, -0.2) is 0 Å². The molecule has 7 heteroatoms. The van der Waals surface area contributed by atoms with Crippen molar-refractivity contribution in [3.63, 3.8) is 0 Å². The Morgan fingerprint density at radius 2 is 2.30 bits per heavy atom. The number of rotatable bonds is 4. The number of hydrogen-bond acceptors (Lipinski definition) is 6. The van der Waals surface area contributed by atoms with Crippen molar-refractivity contribution in [2.75, 3.05) is 24.7 Å². The Labute approximate surface area is 133 Å². The largest absolute Gasteiger partial charge is 0.393 e. The molecule has 1 saturated heterocycles. The van der Waals surface area contributed by atoms with Gasteiger partial charge >= 0.3 is 0 Å². The number of nitro groups is 1. The van der Waals surface area contributed by atoms with Crippen molar-refractivity contribution >= 4 is 22.1 Å². The van der Waals surface area contributed by atoms with E-state index in [1.165, 1.54) is 12.3 Å². The topological polar surface area (TPSA) is 88.7 Å². The van der Waals surface area contributed by atoms with E-state index in [-0.39, 0.29) is 16.7 Å². The molecule has 23 heavy (non-hydrogen) atoms.